The summed E-state index contributed by atoms with van der Waals surface area (Å²) in [7, 11) is 0. The van der Waals surface area contributed by atoms with Crippen LogP contribution in [0.25, 0.3) is 0 Å². The van der Waals surface area contributed by atoms with Gasteiger partial charge in [0.1, 0.15) is 5.01 Å². The molecule has 2 heterocycles. The molecule has 1 aromatic rings. The van der Waals surface area contributed by atoms with Crippen molar-refractivity contribution in [2.24, 2.45) is 5.92 Å². The molecule has 1 aliphatic rings. The van der Waals surface area contributed by atoms with Crippen LogP contribution in [0.3, 0.4) is 0 Å². The SMILES string of the molecule is CCC1CN(Cc2nc(C)c(C)s2)C(CC(C)C)CN1. The third-order valence-electron chi connectivity index (χ3n) is 4.26. The summed E-state index contributed by atoms with van der Waals surface area (Å²) in [6, 6.07) is 1.29. The first-order chi connectivity index (χ1) is 9.49. The second-order valence-corrected chi connectivity index (χ2v) is 7.76. The van der Waals surface area contributed by atoms with Crippen molar-refractivity contribution in [1.29, 1.82) is 0 Å². The summed E-state index contributed by atoms with van der Waals surface area (Å²) in [4.78, 5) is 8.74. The van der Waals surface area contributed by atoms with E-state index in [-0.39, 0.29) is 0 Å². The monoisotopic (exact) mass is 295 g/mol. The molecule has 114 valence electrons. The van der Waals surface area contributed by atoms with E-state index in [1.165, 1.54) is 28.4 Å². The molecule has 2 unspecified atom stereocenters. The molecule has 0 radical (unpaired) electrons. The average molecular weight is 295 g/mol. The predicted molar refractivity (Wildman–Crippen MR) is 87.3 cm³/mol. The molecule has 0 bridgehead atoms. The molecule has 0 aromatic carbocycles. The summed E-state index contributed by atoms with van der Waals surface area (Å²) in [5, 5.41) is 4.98. The number of hydrogen-bond acceptors (Lipinski definition) is 4. The third kappa shape index (κ3) is 4.03. The van der Waals surface area contributed by atoms with Crippen molar-refractivity contribution in [3.63, 3.8) is 0 Å². The Morgan fingerprint density at radius 3 is 2.70 bits per heavy atom. The Morgan fingerprint density at radius 2 is 2.15 bits per heavy atom. The van der Waals surface area contributed by atoms with Gasteiger partial charge in [0.25, 0.3) is 0 Å². The van der Waals surface area contributed by atoms with Crippen LogP contribution < -0.4 is 5.32 Å². The van der Waals surface area contributed by atoms with E-state index in [0.717, 1.165) is 25.6 Å². The van der Waals surface area contributed by atoms with Gasteiger partial charge in [-0.1, -0.05) is 20.8 Å². The van der Waals surface area contributed by atoms with Gasteiger partial charge < -0.3 is 5.32 Å². The molecule has 1 aliphatic heterocycles. The Labute approximate surface area is 127 Å². The van der Waals surface area contributed by atoms with Crippen molar-refractivity contribution in [3.8, 4) is 0 Å². The molecule has 4 heteroatoms. The molecular weight excluding hydrogens is 266 g/mol. The molecule has 1 saturated heterocycles. The molecule has 2 atom stereocenters. The summed E-state index contributed by atoms with van der Waals surface area (Å²) >= 11 is 1.86. The second kappa shape index (κ2) is 7.01. The number of rotatable bonds is 5. The molecule has 1 N–H and O–H groups in total. The highest BCUT2D eigenvalue weighted by Crippen LogP contribution is 2.23. The zero-order valence-electron chi connectivity index (χ0n) is 13.6. The Kier molecular flexibility index (Phi) is 5.58. The number of hydrogen-bond donors (Lipinski definition) is 1. The maximum atomic E-state index is 4.73. The summed E-state index contributed by atoms with van der Waals surface area (Å²) < 4.78 is 0. The number of piperazine rings is 1. The summed E-state index contributed by atoms with van der Waals surface area (Å²) in [6.07, 6.45) is 2.48. The highest BCUT2D eigenvalue weighted by Gasteiger charge is 2.28. The fourth-order valence-electron chi connectivity index (χ4n) is 2.95. The van der Waals surface area contributed by atoms with Crippen LogP contribution in [-0.4, -0.2) is 35.1 Å². The quantitative estimate of drug-likeness (QED) is 0.903. The lowest BCUT2D eigenvalue weighted by molar-refractivity contribution is 0.105. The van der Waals surface area contributed by atoms with Gasteiger partial charge in [0.05, 0.1) is 12.2 Å². The highest BCUT2D eigenvalue weighted by molar-refractivity contribution is 7.11. The van der Waals surface area contributed by atoms with Crippen molar-refractivity contribution < 1.29 is 0 Å². The Bertz CT molecular complexity index is 408. The van der Waals surface area contributed by atoms with Crippen molar-refractivity contribution in [3.05, 3.63) is 15.6 Å². The van der Waals surface area contributed by atoms with Gasteiger partial charge in [-0.15, -0.1) is 11.3 Å². The first-order valence-electron chi connectivity index (χ1n) is 7.89. The summed E-state index contributed by atoms with van der Waals surface area (Å²) in [6.45, 7) is 14.5. The van der Waals surface area contributed by atoms with Gasteiger partial charge in [0.15, 0.2) is 0 Å². The van der Waals surface area contributed by atoms with Gasteiger partial charge in [-0.2, -0.15) is 0 Å². The van der Waals surface area contributed by atoms with Crippen LogP contribution in [0.5, 0.6) is 0 Å². The number of nitrogens with one attached hydrogen (secondary N) is 1. The van der Waals surface area contributed by atoms with Crippen molar-refractivity contribution in [2.75, 3.05) is 13.1 Å². The molecular formula is C16H29N3S. The van der Waals surface area contributed by atoms with E-state index in [9.17, 15) is 0 Å². The van der Waals surface area contributed by atoms with E-state index in [4.69, 9.17) is 4.98 Å². The van der Waals surface area contributed by atoms with Gasteiger partial charge in [0, 0.05) is 30.1 Å². The molecule has 1 fully saturated rings. The Hall–Kier alpha value is -0.450. The minimum absolute atomic E-state index is 0.639. The van der Waals surface area contributed by atoms with E-state index < -0.39 is 0 Å². The molecule has 0 aliphatic carbocycles. The van der Waals surface area contributed by atoms with E-state index >= 15 is 0 Å². The van der Waals surface area contributed by atoms with Crippen LogP contribution in [0.1, 0.15) is 49.2 Å². The summed E-state index contributed by atoms with van der Waals surface area (Å²) in [5.41, 5.74) is 1.20. The highest BCUT2D eigenvalue weighted by atomic mass is 32.1. The van der Waals surface area contributed by atoms with E-state index in [1.807, 2.05) is 11.3 Å². The van der Waals surface area contributed by atoms with Crippen LogP contribution in [0.2, 0.25) is 0 Å². The normalized spacial score (nSPS) is 24.5. The lowest BCUT2D eigenvalue weighted by atomic mass is 9.98. The Balaban J connectivity index is 2.05. The maximum Gasteiger partial charge on any atom is 0.107 e. The topological polar surface area (TPSA) is 28.2 Å². The number of aromatic nitrogens is 1. The van der Waals surface area contributed by atoms with Crippen LogP contribution in [0, 0.1) is 19.8 Å². The molecule has 2 rings (SSSR count). The van der Waals surface area contributed by atoms with Crippen molar-refractivity contribution >= 4 is 11.3 Å². The Morgan fingerprint density at radius 1 is 1.40 bits per heavy atom. The van der Waals surface area contributed by atoms with Crippen LogP contribution >= 0.6 is 11.3 Å². The lowest BCUT2D eigenvalue weighted by Gasteiger charge is -2.40. The third-order valence-corrected chi connectivity index (χ3v) is 5.32. The standard InChI is InChI=1S/C16H29N3S/c1-6-14-9-19(15(8-17-14)7-11(2)3)10-16-18-12(4)13(5)20-16/h11,14-15,17H,6-10H2,1-5H3. The zero-order valence-corrected chi connectivity index (χ0v) is 14.4. The van der Waals surface area contributed by atoms with Gasteiger partial charge in [-0.25, -0.2) is 4.98 Å². The van der Waals surface area contributed by atoms with Gasteiger partial charge in [0.2, 0.25) is 0 Å². The zero-order chi connectivity index (χ0) is 14.7. The number of nitrogens with zero attached hydrogens (tertiary/aromatic N) is 2. The van der Waals surface area contributed by atoms with Crippen LogP contribution in [0.15, 0.2) is 0 Å². The molecule has 0 saturated carbocycles. The van der Waals surface area contributed by atoms with Crippen molar-refractivity contribution in [2.45, 2.75) is 66.1 Å². The molecule has 0 spiro atoms. The smallest absolute Gasteiger partial charge is 0.107 e. The largest absolute Gasteiger partial charge is 0.311 e. The predicted octanol–water partition coefficient (Wildman–Crippen LogP) is 3.36. The van der Waals surface area contributed by atoms with Crippen molar-refractivity contribution in [1.82, 2.24) is 15.2 Å². The fourth-order valence-corrected chi connectivity index (χ4v) is 3.91. The summed E-state index contributed by atoms with van der Waals surface area (Å²) in [5.74, 6) is 0.752. The second-order valence-electron chi connectivity index (χ2n) is 6.48. The first-order valence-corrected chi connectivity index (χ1v) is 8.71. The van der Waals surface area contributed by atoms with Crippen LogP contribution in [0.4, 0.5) is 0 Å². The van der Waals surface area contributed by atoms with E-state index in [2.05, 4.69) is 44.8 Å². The minimum Gasteiger partial charge on any atom is -0.311 e. The van der Waals surface area contributed by atoms with E-state index in [0.29, 0.717) is 12.1 Å². The number of thiazole rings is 1. The fraction of sp³-hybridized carbons (Fsp3) is 0.812. The lowest BCUT2D eigenvalue weighted by Crippen LogP contribution is -2.56. The first kappa shape index (κ1) is 15.9. The maximum absolute atomic E-state index is 4.73. The molecule has 3 nitrogen and oxygen atoms in total. The average Bonchev–Trinajstić information content (AvgIpc) is 2.70. The molecule has 0 amide bonds. The van der Waals surface area contributed by atoms with Gasteiger partial charge in [-0.05, 0) is 32.6 Å². The molecule has 1 aromatic heterocycles. The molecule has 20 heavy (non-hydrogen) atoms. The number of aryl methyl sites for hydroxylation is 2. The minimum atomic E-state index is 0.639. The van der Waals surface area contributed by atoms with Gasteiger partial charge in [-0.3, -0.25) is 4.90 Å². The van der Waals surface area contributed by atoms with Crippen LogP contribution in [-0.2, 0) is 6.54 Å². The van der Waals surface area contributed by atoms with Gasteiger partial charge >= 0.3 is 0 Å². The van der Waals surface area contributed by atoms with E-state index in [1.54, 1.807) is 0 Å².